The third-order valence-corrected chi connectivity index (χ3v) is 2.26. The summed E-state index contributed by atoms with van der Waals surface area (Å²) >= 11 is 0. The van der Waals surface area contributed by atoms with E-state index in [-0.39, 0.29) is 18.3 Å². The molecule has 1 fully saturated rings. The Labute approximate surface area is 89.6 Å². The summed E-state index contributed by atoms with van der Waals surface area (Å²) in [5.74, 6) is -0.424. The summed E-state index contributed by atoms with van der Waals surface area (Å²) in [6.45, 7) is 3.81. The van der Waals surface area contributed by atoms with Crippen molar-refractivity contribution in [3.63, 3.8) is 0 Å². The Balaban J connectivity index is 2.21. The van der Waals surface area contributed by atoms with E-state index in [1.165, 1.54) is 0 Å². The van der Waals surface area contributed by atoms with Gasteiger partial charge in [0.1, 0.15) is 0 Å². The van der Waals surface area contributed by atoms with Gasteiger partial charge in [0.2, 0.25) is 5.91 Å². The molecule has 15 heavy (non-hydrogen) atoms. The Kier molecular flexibility index (Phi) is 5.10. The van der Waals surface area contributed by atoms with Crippen molar-refractivity contribution in [1.29, 1.82) is 0 Å². The van der Waals surface area contributed by atoms with E-state index in [1.54, 1.807) is 0 Å². The first-order valence-corrected chi connectivity index (χ1v) is 5.40. The second-order valence-electron chi connectivity index (χ2n) is 3.58. The van der Waals surface area contributed by atoms with Crippen LogP contribution in [0.25, 0.3) is 0 Å². The molecule has 5 heteroatoms. The van der Waals surface area contributed by atoms with E-state index < -0.39 is 6.04 Å². The number of esters is 1. The molecule has 0 aromatic heterocycles. The highest BCUT2D eigenvalue weighted by atomic mass is 16.5. The molecule has 1 atom stereocenters. The molecule has 1 amide bonds. The van der Waals surface area contributed by atoms with Crippen LogP contribution >= 0.6 is 0 Å². The van der Waals surface area contributed by atoms with Gasteiger partial charge in [0.05, 0.1) is 19.1 Å². The summed E-state index contributed by atoms with van der Waals surface area (Å²) in [5.41, 5.74) is 0. The summed E-state index contributed by atoms with van der Waals surface area (Å²) in [6.07, 6.45) is 1.99. The predicted octanol–water partition coefficient (Wildman–Crippen LogP) is -0.192. The van der Waals surface area contributed by atoms with Gasteiger partial charge >= 0.3 is 5.97 Å². The molecule has 0 radical (unpaired) electrons. The topological polar surface area (TPSA) is 67.4 Å². The van der Waals surface area contributed by atoms with Crippen LogP contribution < -0.4 is 10.6 Å². The fourth-order valence-corrected chi connectivity index (χ4v) is 1.37. The van der Waals surface area contributed by atoms with Crippen molar-refractivity contribution in [3.05, 3.63) is 0 Å². The number of carbonyl (C=O) groups excluding carboxylic acids is 2. The highest BCUT2D eigenvalue weighted by Gasteiger charge is 2.24. The summed E-state index contributed by atoms with van der Waals surface area (Å²) in [6, 6.07) is -0.423. The lowest BCUT2D eigenvalue weighted by molar-refractivity contribution is -0.146. The van der Waals surface area contributed by atoms with Gasteiger partial charge in [-0.3, -0.25) is 9.59 Å². The van der Waals surface area contributed by atoms with Crippen molar-refractivity contribution in [2.45, 2.75) is 32.2 Å². The van der Waals surface area contributed by atoms with E-state index in [0.29, 0.717) is 19.7 Å². The number of piperazine rings is 1. The van der Waals surface area contributed by atoms with Gasteiger partial charge in [0.25, 0.3) is 0 Å². The van der Waals surface area contributed by atoms with Gasteiger partial charge in [-0.05, 0) is 6.42 Å². The van der Waals surface area contributed by atoms with Gasteiger partial charge in [-0.25, -0.2) is 0 Å². The second kappa shape index (κ2) is 6.40. The fourth-order valence-electron chi connectivity index (χ4n) is 1.37. The molecule has 1 aliphatic heterocycles. The molecule has 1 rings (SSSR count). The SMILES string of the molecule is CCCCOC(=O)C[C@@H]1NCCNC1=O. The molecule has 0 aromatic carbocycles. The summed E-state index contributed by atoms with van der Waals surface area (Å²) in [4.78, 5) is 22.6. The van der Waals surface area contributed by atoms with E-state index >= 15 is 0 Å². The minimum Gasteiger partial charge on any atom is -0.466 e. The van der Waals surface area contributed by atoms with Crippen molar-refractivity contribution in [3.8, 4) is 0 Å². The number of carbonyl (C=O) groups is 2. The third-order valence-electron chi connectivity index (χ3n) is 2.26. The number of amides is 1. The molecule has 1 saturated heterocycles. The minimum absolute atomic E-state index is 0.117. The largest absolute Gasteiger partial charge is 0.466 e. The zero-order valence-electron chi connectivity index (χ0n) is 9.04. The zero-order valence-corrected chi connectivity index (χ0v) is 9.04. The lowest BCUT2D eigenvalue weighted by Gasteiger charge is -2.22. The van der Waals surface area contributed by atoms with Crippen LogP contribution in [-0.4, -0.2) is 37.6 Å². The number of unbranched alkanes of at least 4 members (excludes halogenated alkanes) is 1. The van der Waals surface area contributed by atoms with E-state index in [9.17, 15) is 9.59 Å². The average molecular weight is 214 g/mol. The lowest BCUT2D eigenvalue weighted by atomic mass is 10.1. The van der Waals surface area contributed by atoms with Crippen LogP contribution in [0, 0.1) is 0 Å². The fraction of sp³-hybridized carbons (Fsp3) is 0.800. The standard InChI is InChI=1S/C10H18N2O3/c1-2-3-6-15-9(13)7-8-10(14)12-5-4-11-8/h8,11H,2-7H2,1H3,(H,12,14)/t8-/m0/s1. The van der Waals surface area contributed by atoms with Gasteiger partial charge in [-0.2, -0.15) is 0 Å². The summed E-state index contributed by atoms with van der Waals surface area (Å²) in [7, 11) is 0. The van der Waals surface area contributed by atoms with Gasteiger partial charge in [-0.1, -0.05) is 13.3 Å². The van der Waals surface area contributed by atoms with E-state index in [4.69, 9.17) is 4.74 Å². The Morgan fingerprint density at radius 3 is 3.00 bits per heavy atom. The molecule has 2 N–H and O–H groups in total. The number of rotatable bonds is 5. The normalized spacial score (nSPS) is 20.9. The van der Waals surface area contributed by atoms with Crippen LogP contribution in [-0.2, 0) is 14.3 Å². The van der Waals surface area contributed by atoms with Crippen LogP contribution in [0.15, 0.2) is 0 Å². The number of ether oxygens (including phenoxy) is 1. The Hall–Kier alpha value is -1.10. The molecule has 0 aliphatic carbocycles. The highest BCUT2D eigenvalue weighted by Crippen LogP contribution is 1.99. The first-order valence-electron chi connectivity index (χ1n) is 5.40. The second-order valence-corrected chi connectivity index (χ2v) is 3.58. The monoisotopic (exact) mass is 214 g/mol. The van der Waals surface area contributed by atoms with Crippen LogP contribution in [0.1, 0.15) is 26.2 Å². The van der Waals surface area contributed by atoms with Crippen LogP contribution in [0.5, 0.6) is 0 Å². The predicted molar refractivity (Wildman–Crippen MR) is 55.3 cm³/mol. The maximum absolute atomic E-state index is 11.3. The zero-order chi connectivity index (χ0) is 11.1. The van der Waals surface area contributed by atoms with Crippen LogP contribution in [0.3, 0.4) is 0 Å². The molecule has 86 valence electrons. The van der Waals surface area contributed by atoms with Crippen molar-refractivity contribution in [1.82, 2.24) is 10.6 Å². The lowest BCUT2D eigenvalue weighted by Crippen LogP contribution is -2.53. The van der Waals surface area contributed by atoms with E-state index in [0.717, 1.165) is 12.8 Å². The first kappa shape index (κ1) is 12.0. The minimum atomic E-state index is -0.423. The quantitative estimate of drug-likeness (QED) is 0.491. The van der Waals surface area contributed by atoms with Crippen molar-refractivity contribution in [2.75, 3.05) is 19.7 Å². The van der Waals surface area contributed by atoms with E-state index in [1.807, 2.05) is 6.92 Å². The molecule has 0 bridgehead atoms. The van der Waals surface area contributed by atoms with Crippen LogP contribution in [0.2, 0.25) is 0 Å². The van der Waals surface area contributed by atoms with Crippen molar-refractivity contribution in [2.24, 2.45) is 0 Å². The molecule has 0 aromatic rings. The van der Waals surface area contributed by atoms with Crippen molar-refractivity contribution >= 4 is 11.9 Å². The number of hydrogen-bond acceptors (Lipinski definition) is 4. The summed E-state index contributed by atoms with van der Waals surface area (Å²) < 4.78 is 4.97. The molecule has 0 saturated carbocycles. The van der Waals surface area contributed by atoms with Gasteiger partial charge < -0.3 is 15.4 Å². The van der Waals surface area contributed by atoms with Gasteiger partial charge in [-0.15, -0.1) is 0 Å². The Bertz CT molecular complexity index is 231. The first-order chi connectivity index (χ1) is 7.24. The van der Waals surface area contributed by atoms with Crippen LogP contribution in [0.4, 0.5) is 0 Å². The number of hydrogen-bond donors (Lipinski definition) is 2. The van der Waals surface area contributed by atoms with E-state index in [2.05, 4.69) is 10.6 Å². The Morgan fingerprint density at radius 1 is 1.53 bits per heavy atom. The molecule has 0 spiro atoms. The number of nitrogens with one attached hydrogen (secondary N) is 2. The molecular weight excluding hydrogens is 196 g/mol. The smallest absolute Gasteiger partial charge is 0.307 e. The molecule has 5 nitrogen and oxygen atoms in total. The van der Waals surface area contributed by atoms with Gasteiger partial charge in [0.15, 0.2) is 0 Å². The highest BCUT2D eigenvalue weighted by molar-refractivity contribution is 5.87. The average Bonchev–Trinajstić information content (AvgIpc) is 2.22. The third kappa shape index (κ3) is 4.29. The maximum atomic E-state index is 11.3. The Morgan fingerprint density at radius 2 is 2.33 bits per heavy atom. The molecule has 0 unspecified atom stereocenters. The summed E-state index contributed by atoms with van der Waals surface area (Å²) in [5, 5.41) is 5.67. The van der Waals surface area contributed by atoms with Gasteiger partial charge in [0, 0.05) is 13.1 Å². The van der Waals surface area contributed by atoms with Crippen molar-refractivity contribution < 1.29 is 14.3 Å². The maximum Gasteiger partial charge on any atom is 0.307 e. The molecular formula is C10H18N2O3. The molecule has 1 aliphatic rings. The molecule has 1 heterocycles.